The summed E-state index contributed by atoms with van der Waals surface area (Å²) in [4.78, 5) is 26.9. The molecule has 0 N–H and O–H groups in total. The molecule has 0 saturated carbocycles. The number of aryl methyl sites for hydroxylation is 2. The van der Waals surface area contributed by atoms with Crippen LogP contribution >= 0.6 is 0 Å². The summed E-state index contributed by atoms with van der Waals surface area (Å²) in [6.45, 7) is 6.89. The number of hydrogen-bond acceptors (Lipinski definition) is 4. The highest BCUT2D eigenvalue weighted by Gasteiger charge is 2.25. The number of fused-ring (bicyclic) bond motifs is 1. The van der Waals surface area contributed by atoms with Gasteiger partial charge in [-0.25, -0.2) is 9.97 Å². The lowest BCUT2D eigenvalue weighted by atomic mass is 10.0. The Morgan fingerprint density at radius 2 is 1.52 bits per heavy atom. The van der Waals surface area contributed by atoms with Crippen molar-refractivity contribution in [2.45, 2.75) is 20.3 Å². The standard InChI is InChI=1S/C28H28N4O/c1-20-26(18-22-8-4-3-5-9-22)27(30-21(2)29-20)31-14-16-32(17-15-31)28(33)25-13-12-23-10-6-7-11-24(23)19-25/h3-13,19H,14-18H2,1-2H3. The number of piperazine rings is 1. The van der Waals surface area contributed by atoms with E-state index in [0.29, 0.717) is 13.1 Å². The van der Waals surface area contributed by atoms with Crippen LogP contribution in [0.5, 0.6) is 0 Å². The first-order valence-electron chi connectivity index (χ1n) is 11.5. The van der Waals surface area contributed by atoms with Crippen LogP contribution < -0.4 is 4.90 Å². The van der Waals surface area contributed by atoms with Gasteiger partial charge in [0.2, 0.25) is 0 Å². The van der Waals surface area contributed by atoms with E-state index in [1.165, 1.54) is 11.1 Å². The number of aromatic nitrogens is 2. The van der Waals surface area contributed by atoms with E-state index in [2.05, 4.69) is 53.2 Å². The molecular formula is C28H28N4O. The van der Waals surface area contributed by atoms with Gasteiger partial charge in [-0.3, -0.25) is 4.79 Å². The van der Waals surface area contributed by atoms with Gasteiger partial charge in [-0.15, -0.1) is 0 Å². The molecule has 3 aromatic carbocycles. The summed E-state index contributed by atoms with van der Waals surface area (Å²) < 4.78 is 0. The number of anilines is 1. The monoisotopic (exact) mass is 436 g/mol. The second-order valence-electron chi connectivity index (χ2n) is 8.66. The molecule has 4 aromatic rings. The van der Waals surface area contributed by atoms with E-state index < -0.39 is 0 Å². The van der Waals surface area contributed by atoms with Gasteiger partial charge >= 0.3 is 0 Å². The third-order valence-electron chi connectivity index (χ3n) is 6.39. The Morgan fingerprint density at radius 3 is 2.27 bits per heavy atom. The van der Waals surface area contributed by atoms with Gasteiger partial charge in [0.25, 0.3) is 5.91 Å². The Labute approximate surface area is 194 Å². The van der Waals surface area contributed by atoms with Gasteiger partial charge < -0.3 is 9.80 Å². The van der Waals surface area contributed by atoms with Gasteiger partial charge in [-0.2, -0.15) is 0 Å². The summed E-state index contributed by atoms with van der Waals surface area (Å²) >= 11 is 0. The molecule has 0 unspecified atom stereocenters. The van der Waals surface area contributed by atoms with Crippen LogP contribution in [0.15, 0.2) is 72.8 Å². The molecule has 5 heteroatoms. The van der Waals surface area contributed by atoms with Crippen molar-refractivity contribution >= 4 is 22.5 Å². The SMILES string of the molecule is Cc1nc(C)c(Cc2ccccc2)c(N2CCN(C(=O)c3ccc4ccccc4c3)CC2)n1. The Hall–Kier alpha value is -3.73. The summed E-state index contributed by atoms with van der Waals surface area (Å²) in [5.74, 6) is 1.88. The number of hydrogen-bond donors (Lipinski definition) is 0. The summed E-state index contributed by atoms with van der Waals surface area (Å²) in [7, 11) is 0. The van der Waals surface area contributed by atoms with Crippen LogP contribution in [0.1, 0.15) is 33.0 Å². The predicted octanol–water partition coefficient (Wildman–Crippen LogP) is 4.80. The Kier molecular flexibility index (Phi) is 5.78. The van der Waals surface area contributed by atoms with Crippen LogP contribution in [0.4, 0.5) is 5.82 Å². The maximum Gasteiger partial charge on any atom is 0.253 e. The molecule has 0 aliphatic carbocycles. The van der Waals surface area contributed by atoms with Crippen molar-refractivity contribution in [2.75, 3.05) is 31.1 Å². The Bertz CT molecular complexity index is 1290. The molecule has 2 heterocycles. The summed E-state index contributed by atoms with van der Waals surface area (Å²) in [6, 6.07) is 24.6. The van der Waals surface area contributed by atoms with E-state index in [-0.39, 0.29) is 5.91 Å². The van der Waals surface area contributed by atoms with Crippen molar-refractivity contribution in [1.29, 1.82) is 0 Å². The van der Waals surface area contributed by atoms with Crippen molar-refractivity contribution < 1.29 is 4.79 Å². The van der Waals surface area contributed by atoms with E-state index in [1.54, 1.807) is 0 Å². The van der Waals surface area contributed by atoms with Crippen LogP contribution in [0.25, 0.3) is 10.8 Å². The topological polar surface area (TPSA) is 49.3 Å². The first-order valence-corrected chi connectivity index (χ1v) is 11.5. The second-order valence-corrected chi connectivity index (χ2v) is 8.66. The molecule has 1 amide bonds. The van der Waals surface area contributed by atoms with E-state index in [1.807, 2.05) is 48.2 Å². The highest BCUT2D eigenvalue weighted by atomic mass is 16.2. The molecule has 0 spiro atoms. The van der Waals surface area contributed by atoms with E-state index in [4.69, 9.17) is 4.98 Å². The fourth-order valence-electron chi connectivity index (χ4n) is 4.61. The molecule has 5 rings (SSSR count). The fourth-order valence-corrected chi connectivity index (χ4v) is 4.61. The largest absolute Gasteiger partial charge is 0.353 e. The number of benzene rings is 3. The van der Waals surface area contributed by atoms with Crippen molar-refractivity contribution in [1.82, 2.24) is 14.9 Å². The van der Waals surface area contributed by atoms with E-state index in [0.717, 1.165) is 53.2 Å². The number of nitrogens with zero attached hydrogens (tertiary/aromatic N) is 4. The first kappa shape index (κ1) is 21.1. The lowest BCUT2D eigenvalue weighted by Crippen LogP contribution is -2.49. The smallest absolute Gasteiger partial charge is 0.253 e. The minimum Gasteiger partial charge on any atom is -0.353 e. The van der Waals surface area contributed by atoms with E-state index >= 15 is 0 Å². The molecule has 33 heavy (non-hydrogen) atoms. The maximum absolute atomic E-state index is 13.2. The third-order valence-corrected chi connectivity index (χ3v) is 6.39. The lowest BCUT2D eigenvalue weighted by Gasteiger charge is -2.36. The van der Waals surface area contributed by atoms with Crippen LogP contribution in [-0.2, 0) is 6.42 Å². The first-order chi connectivity index (χ1) is 16.1. The van der Waals surface area contributed by atoms with Crippen molar-refractivity contribution in [2.24, 2.45) is 0 Å². The highest BCUT2D eigenvalue weighted by molar-refractivity contribution is 5.98. The zero-order valence-corrected chi connectivity index (χ0v) is 19.2. The van der Waals surface area contributed by atoms with Crippen LogP contribution in [0.3, 0.4) is 0 Å². The number of amides is 1. The summed E-state index contributed by atoms with van der Waals surface area (Å²) in [6.07, 6.45) is 0.804. The molecule has 1 aliphatic heterocycles. The zero-order valence-electron chi connectivity index (χ0n) is 19.2. The second kappa shape index (κ2) is 9.02. The quantitative estimate of drug-likeness (QED) is 0.461. The van der Waals surface area contributed by atoms with Crippen LogP contribution in [0.2, 0.25) is 0 Å². The minimum atomic E-state index is 0.0972. The summed E-state index contributed by atoms with van der Waals surface area (Å²) in [5, 5.41) is 2.25. The minimum absolute atomic E-state index is 0.0972. The van der Waals surface area contributed by atoms with Gasteiger partial charge in [0.05, 0.1) is 0 Å². The molecule has 1 saturated heterocycles. The Balaban J connectivity index is 1.34. The van der Waals surface area contributed by atoms with Gasteiger partial charge in [0.15, 0.2) is 0 Å². The molecule has 1 fully saturated rings. The third kappa shape index (κ3) is 4.44. The maximum atomic E-state index is 13.2. The number of carbonyl (C=O) groups excluding carboxylic acids is 1. The van der Waals surface area contributed by atoms with Crippen molar-refractivity contribution in [3.05, 3.63) is 101 Å². The molecule has 0 radical (unpaired) electrons. The van der Waals surface area contributed by atoms with Crippen molar-refractivity contribution in [3.8, 4) is 0 Å². The Morgan fingerprint density at radius 1 is 0.818 bits per heavy atom. The fraction of sp³-hybridized carbons (Fsp3) is 0.250. The van der Waals surface area contributed by atoms with Crippen LogP contribution in [0, 0.1) is 13.8 Å². The predicted molar refractivity (Wildman–Crippen MR) is 133 cm³/mol. The molecule has 166 valence electrons. The molecule has 1 aliphatic rings. The van der Waals surface area contributed by atoms with Gasteiger partial charge in [-0.05, 0) is 42.3 Å². The number of carbonyl (C=O) groups is 1. The molecule has 0 bridgehead atoms. The van der Waals surface area contributed by atoms with Gasteiger partial charge in [0, 0.05) is 49.4 Å². The van der Waals surface area contributed by atoms with Crippen LogP contribution in [-0.4, -0.2) is 47.0 Å². The van der Waals surface area contributed by atoms with Crippen molar-refractivity contribution in [3.63, 3.8) is 0 Å². The zero-order chi connectivity index (χ0) is 22.8. The van der Waals surface area contributed by atoms with E-state index in [9.17, 15) is 4.79 Å². The van der Waals surface area contributed by atoms with Gasteiger partial charge in [0.1, 0.15) is 11.6 Å². The van der Waals surface area contributed by atoms with Gasteiger partial charge in [-0.1, -0.05) is 60.7 Å². The summed E-state index contributed by atoms with van der Waals surface area (Å²) in [5.41, 5.74) is 4.19. The normalized spacial score (nSPS) is 14.0. The highest BCUT2D eigenvalue weighted by Crippen LogP contribution is 2.26. The average molecular weight is 437 g/mol. The molecule has 5 nitrogen and oxygen atoms in total. The molecular weight excluding hydrogens is 408 g/mol. The number of rotatable bonds is 4. The lowest BCUT2D eigenvalue weighted by molar-refractivity contribution is 0.0746. The molecule has 1 aromatic heterocycles. The molecule has 0 atom stereocenters. The average Bonchev–Trinajstić information content (AvgIpc) is 2.85.